The van der Waals surface area contributed by atoms with E-state index in [0.29, 0.717) is 12.8 Å². The standard InChI is InChI=1S/C19H20Cl2O5/c1-3-18-6-5-11(22)8-12(18)14-10(9-18)7-13(15(20)16(14)21)26-19(25,4-2)17(23)24/h7-8,25H,3-6,9H2,1-2H3,(H,23,24). The fourth-order valence-corrected chi connectivity index (χ4v) is 4.37. The van der Waals surface area contributed by atoms with Crippen LogP contribution in [0.5, 0.6) is 5.75 Å². The maximum absolute atomic E-state index is 12.0. The molecule has 0 radical (unpaired) electrons. The highest BCUT2D eigenvalue weighted by atomic mass is 35.5. The highest BCUT2D eigenvalue weighted by Crippen LogP contribution is 2.57. The molecule has 0 fully saturated rings. The molecule has 2 N–H and O–H groups in total. The predicted octanol–water partition coefficient (Wildman–Crippen LogP) is 4.25. The van der Waals surface area contributed by atoms with Crippen LogP contribution < -0.4 is 4.74 Å². The molecule has 1 aromatic rings. The zero-order valence-electron chi connectivity index (χ0n) is 14.6. The number of hydrogen-bond acceptors (Lipinski definition) is 4. The minimum Gasteiger partial charge on any atom is -0.476 e. The van der Waals surface area contributed by atoms with Crippen LogP contribution >= 0.6 is 23.2 Å². The first-order valence-corrected chi connectivity index (χ1v) is 9.34. The minimum atomic E-state index is -2.38. The highest BCUT2D eigenvalue weighted by Gasteiger charge is 2.45. The Morgan fingerprint density at radius 1 is 1.35 bits per heavy atom. The summed E-state index contributed by atoms with van der Waals surface area (Å²) in [6, 6.07) is 1.63. The number of allylic oxidation sites excluding steroid dienone is 2. The van der Waals surface area contributed by atoms with Crippen LogP contribution in [0, 0.1) is 5.41 Å². The summed E-state index contributed by atoms with van der Waals surface area (Å²) in [4.78, 5) is 23.3. The second kappa shape index (κ2) is 6.55. The Bertz CT molecular complexity index is 832. The molecule has 3 rings (SSSR count). The quantitative estimate of drug-likeness (QED) is 0.723. The second-order valence-electron chi connectivity index (χ2n) is 6.92. The number of carboxylic acid groups (broad SMARTS) is 1. The van der Waals surface area contributed by atoms with E-state index < -0.39 is 11.8 Å². The van der Waals surface area contributed by atoms with Crippen molar-refractivity contribution in [2.75, 3.05) is 0 Å². The molecule has 2 aliphatic carbocycles. The number of ether oxygens (including phenoxy) is 1. The van der Waals surface area contributed by atoms with Crippen molar-refractivity contribution in [2.45, 2.75) is 51.7 Å². The van der Waals surface area contributed by atoms with Crippen molar-refractivity contribution in [3.8, 4) is 5.75 Å². The predicted molar refractivity (Wildman–Crippen MR) is 98.6 cm³/mol. The van der Waals surface area contributed by atoms with Gasteiger partial charge in [-0.15, -0.1) is 0 Å². The van der Waals surface area contributed by atoms with Crippen molar-refractivity contribution >= 4 is 40.5 Å². The van der Waals surface area contributed by atoms with Crippen molar-refractivity contribution < 1.29 is 24.5 Å². The van der Waals surface area contributed by atoms with Gasteiger partial charge < -0.3 is 14.9 Å². The fraction of sp³-hybridized carbons (Fsp3) is 0.474. The number of rotatable bonds is 5. The molecular formula is C19H20Cl2O5. The third-order valence-electron chi connectivity index (χ3n) is 5.55. The summed E-state index contributed by atoms with van der Waals surface area (Å²) in [7, 11) is 0. The van der Waals surface area contributed by atoms with Crippen molar-refractivity contribution in [3.05, 3.63) is 33.3 Å². The van der Waals surface area contributed by atoms with E-state index in [1.54, 1.807) is 12.1 Å². The van der Waals surface area contributed by atoms with Gasteiger partial charge in [-0.3, -0.25) is 4.79 Å². The number of carbonyl (C=O) groups excluding carboxylic acids is 1. The van der Waals surface area contributed by atoms with Gasteiger partial charge in [-0.1, -0.05) is 37.0 Å². The summed E-state index contributed by atoms with van der Waals surface area (Å²) in [6.07, 6.45) is 4.24. The van der Waals surface area contributed by atoms with Crippen LogP contribution in [0.3, 0.4) is 0 Å². The molecule has 0 bridgehead atoms. The molecule has 2 unspecified atom stereocenters. The lowest BCUT2D eigenvalue weighted by atomic mass is 9.71. The molecule has 2 atom stereocenters. The fourth-order valence-electron chi connectivity index (χ4n) is 3.87. The summed E-state index contributed by atoms with van der Waals surface area (Å²) in [5.74, 6) is -3.79. The smallest absolute Gasteiger partial charge is 0.377 e. The zero-order valence-corrected chi connectivity index (χ0v) is 16.1. The molecule has 0 saturated carbocycles. The van der Waals surface area contributed by atoms with Crippen LogP contribution in [0.1, 0.15) is 50.7 Å². The van der Waals surface area contributed by atoms with E-state index in [4.69, 9.17) is 27.9 Å². The Labute approximate surface area is 161 Å². The van der Waals surface area contributed by atoms with E-state index in [-0.39, 0.29) is 33.4 Å². The van der Waals surface area contributed by atoms with Gasteiger partial charge in [-0.2, -0.15) is 0 Å². The molecule has 5 nitrogen and oxygen atoms in total. The van der Waals surface area contributed by atoms with Crippen LogP contribution in [-0.2, 0) is 16.0 Å². The van der Waals surface area contributed by atoms with Gasteiger partial charge in [0.05, 0.1) is 5.02 Å². The number of ketones is 1. The molecule has 7 heteroatoms. The SMILES string of the molecule is CCC12CCC(=O)C=C1c1c(cc(OC(O)(CC)C(=O)O)c(Cl)c1Cl)C2. The number of carbonyl (C=O) groups is 2. The van der Waals surface area contributed by atoms with Crippen LogP contribution in [0.25, 0.3) is 5.57 Å². The van der Waals surface area contributed by atoms with E-state index in [1.807, 2.05) is 0 Å². The largest absolute Gasteiger partial charge is 0.476 e. The molecule has 26 heavy (non-hydrogen) atoms. The molecule has 0 amide bonds. The highest BCUT2D eigenvalue weighted by molar-refractivity contribution is 6.44. The molecule has 0 saturated heterocycles. The van der Waals surface area contributed by atoms with Crippen LogP contribution in [-0.4, -0.2) is 27.8 Å². The van der Waals surface area contributed by atoms with Gasteiger partial charge in [0.15, 0.2) is 5.78 Å². The minimum absolute atomic E-state index is 0.0268. The van der Waals surface area contributed by atoms with Crippen LogP contribution in [0.2, 0.25) is 10.0 Å². The number of carboxylic acids is 1. The normalized spacial score (nSPS) is 23.7. The molecule has 0 heterocycles. The number of aliphatic hydroxyl groups is 1. The molecule has 1 aromatic carbocycles. The van der Waals surface area contributed by atoms with E-state index in [2.05, 4.69) is 6.92 Å². The van der Waals surface area contributed by atoms with Gasteiger partial charge >= 0.3 is 11.8 Å². The Morgan fingerprint density at radius 3 is 2.62 bits per heavy atom. The van der Waals surface area contributed by atoms with Crippen molar-refractivity contribution in [3.63, 3.8) is 0 Å². The Balaban J connectivity index is 2.13. The van der Waals surface area contributed by atoms with E-state index in [0.717, 1.165) is 29.5 Å². The molecule has 0 aromatic heterocycles. The molecule has 2 aliphatic rings. The van der Waals surface area contributed by atoms with Gasteiger partial charge in [0, 0.05) is 23.8 Å². The third kappa shape index (κ3) is 2.82. The summed E-state index contributed by atoms with van der Waals surface area (Å²) in [5.41, 5.74) is 2.30. The van der Waals surface area contributed by atoms with E-state index in [1.165, 1.54) is 6.92 Å². The van der Waals surface area contributed by atoms with Crippen LogP contribution in [0.15, 0.2) is 12.1 Å². The molecular weight excluding hydrogens is 379 g/mol. The number of halogens is 2. The van der Waals surface area contributed by atoms with Gasteiger partial charge in [0.2, 0.25) is 0 Å². The maximum Gasteiger partial charge on any atom is 0.377 e. The number of benzene rings is 1. The lowest BCUT2D eigenvalue weighted by molar-refractivity contribution is -0.194. The van der Waals surface area contributed by atoms with Gasteiger partial charge in [0.1, 0.15) is 10.8 Å². The Morgan fingerprint density at radius 2 is 2.04 bits per heavy atom. The third-order valence-corrected chi connectivity index (χ3v) is 6.40. The summed E-state index contributed by atoms with van der Waals surface area (Å²) >= 11 is 12.8. The van der Waals surface area contributed by atoms with Gasteiger partial charge in [0.25, 0.3) is 0 Å². The molecule has 0 spiro atoms. The Kier molecular flexibility index (Phi) is 4.84. The van der Waals surface area contributed by atoms with Crippen molar-refractivity contribution in [1.29, 1.82) is 0 Å². The zero-order chi connectivity index (χ0) is 19.3. The first-order valence-electron chi connectivity index (χ1n) is 8.58. The number of hydrogen-bond donors (Lipinski definition) is 2. The lowest BCUT2D eigenvalue weighted by Gasteiger charge is -2.32. The average Bonchev–Trinajstić information content (AvgIpc) is 2.93. The van der Waals surface area contributed by atoms with Crippen molar-refractivity contribution in [2.24, 2.45) is 5.41 Å². The monoisotopic (exact) mass is 398 g/mol. The second-order valence-corrected chi connectivity index (χ2v) is 7.67. The molecule has 0 aliphatic heterocycles. The van der Waals surface area contributed by atoms with Crippen molar-refractivity contribution in [1.82, 2.24) is 0 Å². The lowest BCUT2D eigenvalue weighted by Crippen LogP contribution is -2.43. The maximum atomic E-state index is 12.0. The van der Waals surface area contributed by atoms with Gasteiger partial charge in [-0.25, -0.2) is 4.79 Å². The first kappa shape index (κ1) is 19.2. The number of fused-ring (bicyclic) bond motifs is 3. The summed E-state index contributed by atoms with van der Waals surface area (Å²) in [5, 5.41) is 19.7. The Hall–Kier alpha value is -1.56. The van der Waals surface area contributed by atoms with Gasteiger partial charge in [-0.05, 0) is 42.5 Å². The van der Waals surface area contributed by atoms with Crippen LogP contribution in [0.4, 0.5) is 0 Å². The van der Waals surface area contributed by atoms with E-state index >= 15 is 0 Å². The number of aliphatic carboxylic acids is 1. The average molecular weight is 399 g/mol. The van der Waals surface area contributed by atoms with E-state index in [9.17, 15) is 19.8 Å². The molecule has 140 valence electrons. The first-order chi connectivity index (χ1) is 12.2. The topological polar surface area (TPSA) is 83.8 Å². The summed E-state index contributed by atoms with van der Waals surface area (Å²) < 4.78 is 5.34. The summed E-state index contributed by atoms with van der Waals surface area (Å²) in [6.45, 7) is 3.57.